The normalized spacial score (nSPS) is 12.7. The SMILES string of the molecule is C[C@@H](NCc1cccc2cc[nH]c12)c1cccc(Br)c1. The van der Waals surface area contributed by atoms with Gasteiger partial charge in [0.2, 0.25) is 0 Å². The van der Waals surface area contributed by atoms with Crippen molar-refractivity contribution in [1.82, 2.24) is 10.3 Å². The van der Waals surface area contributed by atoms with Crippen molar-refractivity contribution in [3.05, 3.63) is 70.3 Å². The van der Waals surface area contributed by atoms with Crippen LogP contribution in [0.2, 0.25) is 0 Å². The van der Waals surface area contributed by atoms with Gasteiger partial charge in [0.15, 0.2) is 0 Å². The zero-order chi connectivity index (χ0) is 13.9. The molecule has 102 valence electrons. The van der Waals surface area contributed by atoms with E-state index in [-0.39, 0.29) is 0 Å². The summed E-state index contributed by atoms with van der Waals surface area (Å²) in [7, 11) is 0. The molecule has 0 saturated heterocycles. The topological polar surface area (TPSA) is 27.8 Å². The highest BCUT2D eigenvalue weighted by Crippen LogP contribution is 2.20. The van der Waals surface area contributed by atoms with Crippen LogP contribution in [-0.2, 0) is 6.54 Å². The second-order valence-corrected chi connectivity index (χ2v) is 5.93. The van der Waals surface area contributed by atoms with Crippen LogP contribution in [0, 0.1) is 0 Å². The molecule has 0 aliphatic heterocycles. The van der Waals surface area contributed by atoms with Crippen LogP contribution >= 0.6 is 15.9 Å². The van der Waals surface area contributed by atoms with E-state index in [0.717, 1.165) is 11.0 Å². The van der Waals surface area contributed by atoms with Gasteiger partial charge >= 0.3 is 0 Å². The van der Waals surface area contributed by atoms with Crippen LogP contribution in [0.5, 0.6) is 0 Å². The zero-order valence-corrected chi connectivity index (χ0v) is 12.9. The molecule has 2 nitrogen and oxygen atoms in total. The fourth-order valence-electron chi connectivity index (χ4n) is 2.45. The van der Waals surface area contributed by atoms with Crippen LogP contribution in [0.25, 0.3) is 10.9 Å². The van der Waals surface area contributed by atoms with E-state index in [9.17, 15) is 0 Å². The molecule has 3 aromatic rings. The van der Waals surface area contributed by atoms with Gasteiger partial charge in [-0.1, -0.05) is 46.3 Å². The Morgan fingerprint density at radius 1 is 1.15 bits per heavy atom. The van der Waals surface area contributed by atoms with E-state index in [2.05, 4.69) is 81.7 Å². The zero-order valence-electron chi connectivity index (χ0n) is 11.4. The van der Waals surface area contributed by atoms with Crippen molar-refractivity contribution in [3.8, 4) is 0 Å². The Kier molecular flexibility index (Phi) is 3.90. The molecule has 2 N–H and O–H groups in total. The molecule has 0 amide bonds. The summed E-state index contributed by atoms with van der Waals surface area (Å²) in [6.45, 7) is 3.04. The number of hydrogen-bond acceptors (Lipinski definition) is 1. The highest BCUT2D eigenvalue weighted by atomic mass is 79.9. The van der Waals surface area contributed by atoms with E-state index in [1.54, 1.807) is 0 Å². The Hall–Kier alpha value is -1.58. The van der Waals surface area contributed by atoms with Crippen molar-refractivity contribution < 1.29 is 0 Å². The predicted molar refractivity (Wildman–Crippen MR) is 87.7 cm³/mol. The third-order valence-electron chi connectivity index (χ3n) is 3.62. The van der Waals surface area contributed by atoms with Gasteiger partial charge in [-0.15, -0.1) is 0 Å². The van der Waals surface area contributed by atoms with Crippen molar-refractivity contribution in [2.45, 2.75) is 19.5 Å². The molecule has 1 aromatic heterocycles. The number of aromatic nitrogens is 1. The second kappa shape index (κ2) is 5.81. The average Bonchev–Trinajstić information content (AvgIpc) is 2.93. The van der Waals surface area contributed by atoms with Gasteiger partial charge < -0.3 is 10.3 Å². The lowest BCUT2D eigenvalue weighted by atomic mass is 10.1. The van der Waals surface area contributed by atoms with Crippen molar-refractivity contribution in [3.63, 3.8) is 0 Å². The van der Waals surface area contributed by atoms with Crippen LogP contribution in [0.4, 0.5) is 0 Å². The minimum Gasteiger partial charge on any atom is -0.361 e. The summed E-state index contributed by atoms with van der Waals surface area (Å²) < 4.78 is 1.12. The van der Waals surface area contributed by atoms with Crippen LogP contribution < -0.4 is 5.32 Å². The van der Waals surface area contributed by atoms with Crippen molar-refractivity contribution in [1.29, 1.82) is 0 Å². The summed E-state index contributed by atoms with van der Waals surface area (Å²) in [5.41, 5.74) is 3.81. The number of rotatable bonds is 4. The largest absolute Gasteiger partial charge is 0.361 e. The molecule has 1 atom stereocenters. The van der Waals surface area contributed by atoms with E-state index < -0.39 is 0 Å². The third kappa shape index (κ3) is 2.79. The predicted octanol–water partition coefficient (Wildman–Crippen LogP) is 4.78. The van der Waals surface area contributed by atoms with Gasteiger partial charge in [0.05, 0.1) is 0 Å². The average molecular weight is 329 g/mol. The van der Waals surface area contributed by atoms with Crippen LogP contribution in [0.15, 0.2) is 59.2 Å². The molecule has 1 heterocycles. The van der Waals surface area contributed by atoms with E-state index in [4.69, 9.17) is 0 Å². The van der Waals surface area contributed by atoms with E-state index >= 15 is 0 Å². The Balaban J connectivity index is 1.74. The molecule has 20 heavy (non-hydrogen) atoms. The number of H-pyrrole nitrogens is 1. The summed E-state index contributed by atoms with van der Waals surface area (Å²) in [5, 5.41) is 4.85. The van der Waals surface area contributed by atoms with Gasteiger partial charge in [0.1, 0.15) is 0 Å². The number of hydrogen-bond donors (Lipinski definition) is 2. The Morgan fingerprint density at radius 3 is 2.85 bits per heavy atom. The van der Waals surface area contributed by atoms with Crippen LogP contribution in [-0.4, -0.2) is 4.98 Å². The molecule has 0 saturated carbocycles. The van der Waals surface area contributed by atoms with Crippen molar-refractivity contribution in [2.24, 2.45) is 0 Å². The Labute approximate surface area is 127 Å². The van der Waals surface area contributed by atoms with Gasteiger partial charge in [0, 0.05) is 28.8 Å². The number of fused-ring (bicyclic) bond motifs is 1. The first-order chi connectivity index (χ1) is 9.74. The summed E-state index contributed by atoms with van der Waals surface area (Å²) >= 11 is 3.52. The second-order valence-electron chi connectivity index (χ2n) is 5.02. The Bertz CT molecular complexity index is 718. The molecular weight excluding hydrogens is 312 g/mol. The van der Waals surface area contributed by atoms with Gasteiger partial charge in [0.25, 0.3) is 0 Å². The third-order valence-corrected chi connectivity index (χ3v) is 4.11. The Morgan fingerprint density at radius 2 is 2.00 bits per heavy atom. The maximum absolute atomic E-state index is 3.58. The van der Waals surface area contributed by atoms with Crippen LogP contribution in [0.3, 0.4) is 0 Å². The minimum atomic E-state index is 0.317. The molecule has 0 bridgehead atoms. The fraction of sp³-hybridized carbons (Fsp3) is 0.176. The quantitative estimate of drug-likeness (QED) is 0.708. The number of aromatic amines is 1. The molecule has 0 radical (unpaired) electrons. The van der Waals surface area contributed by atoms with Gasteiger partial charge in [-0.3, -0.25) is 0 Å². The maximum atomic E-state index is 3.58. The lowest BCUT2D eigenvalue weighted by molar-refractivity contribution is 0.576. The molecule has 2 aromatic carbocycles. The summed E-state index contributed by atoms with van der Waals surface area (Å²) in [6, 6.07) is 17.3. The van der Waals surface area contributed by atoms with Gasteiger partial charge in [-0.05, 0) is 41.6 Å². The first-order valence-corrected chi connectivity index (χ1v) is 7.57. The van der Waals surface area contributed by atoms with E-state index in [0.29, 0.717) is 6.04 Å². The number of benzene rings is 2. The monoisotopic (exact) mass is 328 g/mol. The highest BCUT2D eigenvalue weighted by Gasteiger charge is 2.07. The van der Waals surface area contributed by atoms with Crippen molar-refractivity contribution >= 4 is 26.8 Å². The molecule has 0 aliphatic carbocycles. The molecule has 0 fully saturated rings. The minimum absolute atomic E-state index is 0.317. The standard InChI is InChI=1S/C17H17BrN2/c1-12(14-5-3-7-16(18)10-14)20-11-15-6-2-4-13-8-9-19-17(13)15/h2-10,12,19-20H,11H2,1H3/t12-/m1/s1. The van der Waals surface area contributed by atoms with E-state index in [1.165, 1.54) is 22.0 Å². The van der Waals surface area contributed by atoms with Crippen molar-refractivity contribution in [2.75, 3.05) is 0 Å². The lowest BCUT2D eigenvalue weighted by Crippen LogP contribution is -2.18. The smallest absolute Gasteiger partial charge is 0.0499 e. The lowest BCUT2D eigenvalue weighted by Gasteiger charge is -2.15. The molecule has 0 spiro atoms. The first-order valence-electron chi connectivity index (χ1n) is 6.78. The van der Waals surface area contributed by atoms with Crippen LogP contribution in [0.1, 0.15) is 24.1 Å². The maximum Gasteiger partial charge on any atom is 0.0499 e. The fourth-order valence-corrected chi connectivity index (χ4v) is 2.87. The number of nitrogens with one attached hydrogen (secondary N) is 2. The number of halogens is 1. The first kappa shape index (κ1) is 13.4. The van der Waals surface area contributed by atoms with Gasteiger partial charge in [-0.25, -0.2) is 0 Å². The number of para-hydroxylation sites is 1. The molecule has 3 heteroatoms. The van der Waals surface area contributed by atoms with Gasteiger partial charge in [-0.2, -0.15) is 0 Å². The molecule has 0 aliphatic rings. The van der Waals surface area contributed by atoms with E-state index in [1.807, 2.05) is 6.20 Å². The molecular formula is C17H17BrN2. The highest BCUT2D eigenvalue weighted by molar-refractivity contribution is 9.10. The molecule has 3 rings (SSSR count). The summed E-state index contributed by atoms with van der Waals surface area (Å²) in [5.74, 6) is 0. The summed E-state index contributed by atoms with van der Waals surface area (Å²) in [4.78, 5) is 3.31. The molecule has 0 unspecified atom stereocenters. The summed E-state index contributed by atoms with van der Waals surface area (Å²) in [6.07, 6.45) is 1.99.